The number of hydrogen-bond donors (Lipinski definition) is 2. The molecule has 0 saturated carbocycles. The average molecular weight is 274 g/mol. The summed E-state index contributed by atoms with van der Waals surface area (Å²) in [6.45, 7) is 7.07. The predicted octanol–water partition coefficient (Wildman–Crippen LogP) is 2.65. The molecule has 2 heterocycles. The van der Waals surface area contributed by atoms with E-state index in [-0.39, 0.29) is 0 Å². The molecule has 6 heteroatoms. The van der Waals surface area contributed by atoms with E-state index in [1.165, 1.54) is 0 Å². The van der Waals surface area contributed by atoms with Gasteiger partial charge in [0.15, 0.2) is 0 Å². The summed E-state index contributed by atoms with van der Waals surface area (Å²) in [7, 11) is 1.92. The van der Waals surface area contributed by atoms with Crippen LogP contribution in [0.4, 0.5) is 17.5 Å². The van der Waals surface area contributed by atoms with Gasteiger partial charge in [-0.05, 0) is 19.8 Å². The molecular weight excluding hydrogens is 252 g/mol. The Balaban J connectivity index is 2.23. The van der Waals surface area contributed by atoms with Crippen molar-refractivity contribution in [2.45, 2.75) is 33.6 Å². The number of nitrogens with one attached hydrogen (secondary N) is 2. The van der Waals surface area contributed by atoms with Crippen LogP contribution < -0.4 is 10.6 Å². The third-order valence-electron chi connectivity index (χ3n) is 3.00. The summed E-state index contributed by atoms with van der Waals surface area (Å²) in [5.41, 5.74) is 3.05. The van der Waals surface area contributed by atoms with Crippen LogP contribution in [0.2, 0.25) is 0 Å². The molecule has 0 radical (unpaired) electrons. The van der Waals surface area contributed by atoms with Crippen molar-refractivity contribution in [2.24, 2.45) is 7.05 Å². The van der Waals surface area contributed by atoms with E-state index in [2.05, 4.69) is 39.5 Å². The van der Waals surface area contributed by atoms with E-state index in [0.29, 0.717) is 5.95 Å². The van der Waals surface area contributed by atoms with Crippen molar-refractivity contribution in [1.82, 2.24) is 19.7 Å². The normalized spacial score (nSPS) is 10.6. The Labute approximate surface area is 119 Å². The van der Waals surface area contributed by atoms with Crippen molar-refractivity contribution in [3.05, 3.63) is 23.7 Å². The molecule has 2 aromatic heterocycles. The molecule has 0 aliphatic carbocycles. The van der Waals surface area contributed by atoms with E-state index in [4.69, 9.17) is 0 Å². The monoisotopic (exact) mass is 274 g/mol. The van der Waals surface area contributed by atoms with Gasteiger partial charge in [-0.25, -0.2) is 4.98 Å². The first-order valence-corrected chi connectivity index (χ1v) is 7.01. The van der Waals surface area contributed by atoms with Gasteiger partial charge in [0.25, 0.3) is 0 Å². The number of nitrogens with zero attached hydrogens (tertiary/aromatic N) is 4. The highest BCUT2D eigenvalue weighted by atomic mass is 15.3. The lowest BCUT2D eigenvalue weighted by atomic mass is 10.3. The molecule has 0 aromatic carbocycles. The molecule has 6 nitrogen and oxygen atoms in total. The highest BCUT2D eigenvalue weighted by Crippen LogP contribution is 2.22. The molecule has 2 rings (SSSR count). The van der Waals surface area contributed by atoms with Crippen LogP contribution in [0.1, 0.15) is 31.5 Å². The van der Waals surface area contributed by atoms with Crippen LogP contribution >= 0.6 is 0 Å². The van der Waals surface area contributed by atoms with Crippen molar-refractivity contribution in [3.63, 3.8) is 0 Å². The van der Waals surface area contributed by atoms with E-state index >= 15 is 0 Å². The molecule has 0 aliphatic rings. The number of aryl methyl sites for hydroxylation is 3. The average Bonchev–Trinajstić information content (AvgIpc) is 2.79. The van der Waals surface area contributed by atoms with Crippen molar-refractivity contribution in [3.8, 4) is 0 Å². The highest BCUT2D eigenvalue weighted by Gasteiger charge is 2.09. The number of hydrogen-bond acceptors (Lipinski definition) is 5. The molecule has 0 amide bonds. The quantitative estimate of drug-likeness (QED) is 0.847. The topological polar surface area (TPSA) is 67.7 Å². The van der Waals surface area contributed by atoms with Crippen LogP contribution in [0.3, 0.4) is 0 Å². The Morgan fingerprint density at radius 3 is 2.80 bits per heavy atom. The molecule has 0 saturated heterocycles. The summed E-state index contributed by atoms with van der Waals surface area (Å²) in [5.74, 6) is 1.48. The van der Waals surface area contributed by atoms with Crippen molar-refractivity contribution in [2.75, 3.05) is 17.2 Å². The Kier molecular flexibility index (Phi) is 4.55. The highest BCUT2D eigenvalue weighted by molar-refractivity contribution is 5.61. The number of aromatic nitrogens is 4. The second-order valence-corrected chi connectivity index (χ2v) is 4.79. The minimum Gasteiger partial charge on any atom is -0.354 e. The Bertz CT molecular complexity index is 575. The second-order valence-electron chi connectivity index (χ2n) is 4.79. The molecule has 0 spiro atoms. The lowest BCUT2D eigenvalue weighted by Gasteiger charge is -2.10. The first-order chi connectivity index (χ1) is 9.63. The fourth-order valence-electron chi connectivity index (χ4n) is 1.92. The van der Waals surface area contributed by atoms with Gasteiger partial charge in [0.05, 0.1) is 11.4 Å². The molecule has 20 heavy (non-hydrogen) atoms. The van der Waals surface area contributed by atoms with Crippen LogP contribution in [0.25, 0.3) is 0 Å². The van der Waals surface area contributed by atoms with Crippen LogP contribution in [0.5, 0.6) is 0 Å². The molecule has 0 unspecified atom stereocenters. The van der Waals surface area contributed by atoms with Crippen molar-refractivity contribution >= 4 is 17.5 Å². The fourth-order valence-corrected chi connectivity index (χ4v) is 1.92. The molecule has 108 valence electrons. The van der Waals surface area contributed by atoms with Crippen LogP contribution in [0.15, 0.2) is 12.4 Å². The predicted molar refractivity (Wildman–Crippen MR) is 81.4 cm³/mol. The first kappa shape index (κ1) is 14.3. The Morgan fingerprint density at radius 2 is 2.10 bits per heavy atom. The lowest BCUT2D eigenvalue weighted by molar-refractivity contribution is 0.746. The van der Waals surface area contributed by atoms with Gasteiger partial charge in [-0.1, -0.05) is 13.8 Å². The zero-order chi connectivity index (χ0) is 14.5. The summed E-state index contributed by atoms with van der Waals surface area (Å²) in [4.78, 5) is 8.80. The largest absolute Gasteiger partial charge is 0.354 e. The van der Waals surface area contributed by atoms with Gasteiger partial charge in [0.1, 0.15) is 5.82 Å². The maximum absolute atomic E-state index is 4.52. The maximum atomic E-state index is 4.52. The first-order valence-electron chi connectivity index (χ1n) is 7.01. The summed E-state index contributed by atoms with van der Waals surface area (Å²) in [6.07, 6.45) is 5.73. The molecule has 0 bridgehead atoms. The second kappa shape index (κ2) is 6.36. The van der Waals surface area contributed by atoms with Crippen molar-refractivity contribution < 1.29 is 0 Å². The van der Waals surface area contributed by atoms with E-state index in [9.17, 15) is 0 Å². The smallest absolute Gasteiger partial charge is 0.224 e. The SMILES string of the molecule is CCCNc1ncc(C)c(Nc2cn(C)nc2CC)n1. The summed E-state index contributed by atoms with van der Waals surface area (Å²) < 4.78 is 1.81. The van der Waals surface area contributed by atoms with E-state index in [0.717, 1.165) is 42.1 Å². The van der Waals surface area contributed by atoms with E-state index in [1.54, 1.807) is 0 Å². The fraction of sp³-hybridized carbons (Fsp3) is 0.500. The van der Waals surface area contributed by atoms with Gasteiger partial charge in [0, 0.05) is 31.5 Å². The third kappa shape index (κ3) is 3.26. The molecular formula is C14H22N6. The summed E-state index contributed by atoms with van der Waals surface area (Å²) in [6, 6.07) is 0. The van der Waals surface area contributed by atoms with Gasteiger partial charge >= 0.3 is 0 Å². The van der Waals surface area contributed by atoms with E-state index in [1.807, 2.05) is 31.0 Å². The number of anilines is 3. The molecule has 2 aromatic rings. The van der Waals surface area contributed by atoms with Gasteiger partial charge < -0.3 is 10.6 Å². The van der Waals surface area contributed by atoms with Gasteiger partial charge in [-0.15, -0.1) is 0 Å². The van der Waals surface area contributed by atoms with Gasteiger partial charge in [-0.2, -0.15) is 10.1 Å². The number of rotatable bonds is 6. The minimum absolute atomic E-state index is 0.655. The van der Waals surface area contributed by atoms with Crippen molar-refractivity contribution in [1.29, 1.82) is 0 Å². The standard InChI is InChI=1S/C14H22N6/c1-5-7-15-14-16-8-10(3)13(18-14)17-12-9-20(4)19-11(12)6-2/h8-9H,5-7H2,1-4H3,(H2,15,16,17,18). The van der Waals surface area contributed by atoms with Gasteiger partial charge in [-0.3, -0.25) is 4.68 Å². The minimum atomic E-state index is 0.655. The maximum Gasteiger partial charge on any atom is 0.224 e. The Morgan fingerprint density at radius 1 is 1.30 bits per heavy atom. The molecule has 0 fully saturated rings. The van der Waals surface area contributed by atoms with E-state index < -0.39 is 0 Å². The molecule has 2 N–H and O–H groups in total. The zero-order valence-corrected chi connectivity index (χ0v) is 12.6. The van der Waals surface area contributed by atoms with Crippen LogP contribution in [0, 0.1) is 6.92 Å². The molecule has 0 atom stereocenters. The van der Waals surface area contributed by atoms with Crippen LogP contribution in [-0.4, -0.2) is 26.3 Å². The summed E-state index contributed by atoms with van der Waals surface area (Å²) in [5, 5.41) is 11.0. The van der Waals surface area contributed by atoms with Gasteiger partial charge in [0.2, 0.25) is 5.95 Å². The third-order valence-corrected chi connectivity index (χ3v) is 3.00. The summed E-state index contributed by atoms with van der Waals surface area (Å²) >= 11 is 0. The zero-order valence-electron chi connectivity index (χ0n) is 12.6. The Hall–Kier alpha value is -2.11. The molecule has 0 aliphatic heterocycles. The van der Waals surface area contributed by atoms with Crippen LogP contribution in [-0.2, 0) is 13.5 Å². The lowest BCUT2D eigenvalue weighted by Crippen LogP contribution is -2.07.